The van der Waals surface area contributed by atoms with Gasteiger partial charge in [-0.25, -0.2) is 4.98 Å². The number of methoxy groups -OCH3 is 3. The summed E-state index contributed by atoms with van der Waals surface area (Å²) in [5, 5.41) is 9.72. The van der Waals surface area contributed by atoms with Crippen LogP contribution in [0, 0.1) is 6.92 Å². The zero-order chi connectivity index (χ0) is 22.7. The van der Waals surface area contributed by atoms with E-state index in [1.807, 2.05) is 67.6 Å². The summed E-state index contributed by atoms with van der Waals surface area (Å²) in [5.41, 5.74) is 6.32. The van der Waals surface area contributed by atoms with E-state index < -0.39 is 0 Å². The molecule has 0 aliphatic carbocycles. The van der Waals surface area contributed by atoms with Crippen LogP contribution in [0.4, 0.5) is 0 Å². The lowest BCUT2D eigenvalue weighted by Crippen LogP contribution is -1.96. The Hall–Kier alpha value is -3.99. The van der Waals surface area contributed by atoms with Crippen LogP contribution in [0.1, 0.15) is 5.56 Å². The molecule has 162 valence electrons. The van der Waals surface area contributed by atoms with Crippen molar-refractivity contribution in [3.63, 3.8) is 0 Å². The molecule has 0 bridgehead atoms. The first-order chi connectivity index (χ1) is 15.5. The summed E-state index contributed by atoms with van der Waals surface area (Å²) >= 11 is 0. The Morgan fingerprint density at radius 3 is 1.81 bits per heavy atom. The molecule has 4 aromatic rings. The van der Waals surface area contributed by atoms with Gasteiger partial charge < -0.3 is 19.3 Å². The van der Waals surface area contributed by atoms with Crippen LogP contribution in [0.15, 0.2) is 72.8 Å². The summed E-state index contributed by atoms with van der Waals surface area (Å²) in [4.78, 5) is 4.97. The number of hydrogen-bond acceptors (Lipinski definition) is 5. The second kappa shape index (κ2) is 9.02. The Labute approximate surface area is 187 Å². The van der Waals surface area contributed by atoms with Crippen LogP contribution in [0.3, 0.4) is 0 Å². The molecule has 1 N–H and O–H groups in total. The number of phenols is 1. The lowest BCUT2D eigenvalue weighted by Gasteiger charge is -2.15. The lowest BCUT2D eigenvalue weighted by atomic mass is 9.98. The minimum atomic E-state index is 0.222. The quantitative estimate of drug-likeness (QED) is 0.401. The maximum atomic E-state index is 9.72. The smallest absolute Gasteiger partial charge is 0.131 e. The van der Waals surface area contributed by atoms with Gasteiger partial charge in [-0.15, -0.1) is 0 Å². The molecular weight excluding hydrogens is 402 g/mol. The number of phenolic OH excluding ortho intramolecular Hbond substituents is 1. The van der Waals surface area contributed by atoms with Crippen LogP contribution in [0.5, 0.6) is 23.0 Å². The molecule has 0 aliphatic rings. The van der Waals surface area contributed by atoms with Crippen molar-refractivity contribution in [3.8, 4) is 56.6 Å². The molecule has 0 spiro atoms. The van der Waals surface area contributed by atoms with Gasteiger partial charge in [-0.2, -0.15) is 0 Å². The Morgan fingerprint density at radius 2 is 1.22 bits per heavy atom. The number of aromatic nitrogens is 1. The van der Waals surface area contributed by atoms with Crippen molar-refractivity contribution in [2.75, 3.05) is 21.3 Å². The largest absolute Gasteiger partial charge is 0.508 e. The summed E-state index contributed by atoms with van der Waals surface area (Å²) in [6.45, 7) is 2.03. The minimum Gasteiger partial charge on any atom is -0.508 e. The maximum Gasteiger partial charge on any atom is 0.131 e. The van der Waals surface area contributed by atoms with Crippen molar-refractivity contribution < 1.29 is 19.3 Å². The van der Waals surface area contributed by atoms with Gasteiger partial charge in [0.1, 0.15) is 23.0 Å². The number of hydrogen-bond donors (Lipinski definition) is 1. The number of ether oxygens (including phenoxy) is 3. The summed E-state index contributed by atoms with van der Waals surface area (Å²) in [6, 6.07) is 22.9. The highest BCUT2D eigenvalue weighted by atomic mass is 16.5. The molecule has 1 heterocycles. The molecular formula is C27H25NO4. The lowest BCUT2D eigenvalue weighted by molar-refractivity contribution is 0.395. The summed E-state index contributed by atoms with van der Waals surface area (Å²) in [6.07, 6.45) is 0. The van der Waals surface area contributed by atoms with E-state index in [1.165, 1.54) is 0 Å². The van der Waals surface area contributed by atoms with Gasteiger partial charge in [-0.1, -0.05) is 18.2 Å². The van der Waals surface area contributed by atoms with E-state index in [0.717, 1.165) is 45.0 Å². The number of rotatable bonds is 6. The normalized spacial score (nSPS) is 10.6. The average molecular weight is 428 g/mol. The highest BCUT2D eigenvalue weighted by molar-refractivity contribution is 5.80. The summed E-state index contributed by atoms with van der Waals surface area (Å²) in [5.74, 6) is 2.36. The van der Waals surface area contributed by atoms with Gasteiger partial charge in [0.15, 0.2) is 0 Å². The predicted octanol–water partition coefficient (Wildman–Crippen LogP) is 6.12. The van der Waals surface area contributed by atoms with Gasteiger partial charge in [-0.3, -0.25) is 0 Å². The van der Waals surface area contributed by atoms with Crippen molar-refractivity contribution in [1.82, 2.24) is 4.98 Å². The molecule has 0 atom stereocenters. The number of nitrogens with zero attached hydrogens (tertiary/aromatic N) is 1. The van der Waals surface area contributed by atoms with Gasteiger partial charge in [0.25, 0.3) is 0 Å². The van der Waals surface area contributed by atoms with Crippen molar-refractivity contribution in [1.29, 1.82) is 0 Å². The van der Waals surface area contributed by atoms with Crippen LogP contribution in [-0.4, -0.2) is 31.4 Å². The van der Waals surface area contributed by atoms with E-state index in [1.54, 1.807) is 33.5 Å². The first kappa shape index (κ1) is 21.2. The molecule has 32 heavy (non-hydrogen) atoms. The fourth-order valence-corrected chi connectivity index (χ4v) is 3.65. The highest BCUT2D eigenvalue weighted by Gasteiger charge is 2.15. The fraction of sp³-hybridized carbons (Fsp3) is 0.148. The standard InChI is InChI=1S/C27H25NO4/c1-17-5-11-22(26(13-17)31-3)24-14-19(18-6-8-20(29)9-7-18)15-25(28-24)23-12-10-21(30-2)16-27(23)32-4/h5-16,29H,1-4H3. The van der Waals surface area contributed by atoms with E-state index in [0.29, 0.717) is 11.5 Å². The van der Waals surface area contributed by atoms with Crippen LogP contribution in [0.25, 0.3) is 33.6 Å². The number of aromatic hydroxyl groups is 1. The first-order valence-electron chi connectivity index (χ1n) is 10.2. The maximum absolute atomic E-state index is 9.72. The van der Waals surface area contributed by atoms with Crippen LogP contribution >= 0.6 is 0 Å². The number of benzene rings is 3. The third-order valence-corrected chi connectivity index (χ3v) is 5.34. The number of pyridine rings is 1. The zero-order valence-electron chi connectivity index (χ0n) is 18.5. The Morgan fingerprint density at radius 1 is 0.625 bits per heavy atom. The molecule has 3 aromatic carbocycles. The minimum absolute atomic E-state index is 0.222. The third kappa shape index (κ3) is 4.23. The van der Waals surface area contributed by atoms with Crippen LogP contribution in [0.2, 0.25) is 0 Å². The Kier molecular flexibility index (Phi) is 5.99. The molecule has 0 aliphatic heterocycles. The van der Waals surface area contributed by atoms with Gasteiger partial charge >= 0.3 is 0 Å². The summed E-state index contributed by atoms with van der Waals surface area (Å²) in [7, 11) is 4.92. The molecule has 1 aromatic heterocycles. The predicted molar refractivity (Wildman–Crippen MR) is 127 cm³/mol. The van der Waals surface area contributed by atoms with Crippen LogP contribution < -0.4 is 14.2 Å². The first-order valence-corrected chi connectivity index (χ1v) is 10.2. The van der Waals surface area contributed by atoms with Crippen molar-refractivity contribution >= 4 is 0 Å². The zero-order valence-corrected chi connectivity index (χ0v) is 18.5. The SMILES string of the molecule is COc1ccc(-c2cc(-c3ccc(O)cc3)cc(-c3ccc(C)cc3OC)n2)c(OC)c1. The molecule has 0 fully saturated rings. The van der Waals surface area contributed by atoms with E-state index in [-0.39, 0.29) is 5.75 Å². The average Bonchev–Trinajstić information content (AvgIpc) is 2.83. The van der Waals surface area contributed by atoms with Gasteiger partial charge in [-0.05, 0) is 72.1 Å². The Balaban J connectivity index is 1.96. The Bertz CT molecular complexity index is 1250. The molecule has 0 amide bonds. The number of aryl methyl sites for hydroxylation is 1. The fourth-order valence-electron chi connectivity index (χ4n) is 3.65. The molecule has 0 unspecified atom stereocenters. The highest BCUT2D eigenvalue weighted by Crippen LogP contribution is 2.38. The monoisotopic (exact) mass is 427 g/mol. The third-order valence-electron chi connectivity index (χ3n) is 5.34. The van der Waals surface area contributed by atoms with Crippen molar-refractivity contribution in [2.24, 2.45) is 0 Å². The van der Waals surface area contributed by atoms with Gasteiger partial charge in [0.2, 0.25) is 0 Å². The molecule has 4 rings (SSSR count). The van der Waals surface area contributed by atoms with Gasteiger partial charge in [0, 0.05) is 17.2 Å². The van der Waals surface area contributed by atoms with E-state index >= 15 is 0 Å². The molecule has 0 radical (unpaired) electrons. The van der Waals surface area contributed by atoms with Crippen molar-refractivity contribution in [2.45, 2.75) is 6.92 Å². The van der Waals surface area contributed by atoms with E-state index in [2.05, 4.69) is 0 Å². The van der Waals surface area contributed by atoms with E-state index in [4.69, 9.17) is 19.2 Å². The molecule has 5 heteroatoms. The molecule has 0 saturated carbocycles. The molecule has 0 saturated heterocycles. The van der Waals surface area contributed by atoms with Crippen LogP contribution in [-0.2, 0) is 0 Å². The van der Waals surface area contributed by atoms with Crippen molar-refractivity contribution in [3.05, 3.63) is 78.4 Å². The van der Waals surface area contributed by atoms with E-state index in [9.17, 15) is 5.11 Å². The second-order valence-electron chi connectivity index (χ2n) is 7.44. The second-order valence-corrected chi connectivity index (χ2v) is 7.44. The topological polar surface area (TPSA) is 60.8 Å². The molecule has 5 nitrogen and oxygen atoms in total. The van der Waals surface area contributed by atoms with Gasteiger partial charge in [0.05, 0.1) is 32.7 Å². The summed E-state index contributed by atoms with van der Waals surface area (Å²) < 4.78 is 16.6.